The highest BCUT2D eigenvalue weighted by Crippen LogP contribution is 2.34. The van der Waals surface area contributed by atoms with E-state index in [4.69, 9.17) is 5.11 Å². The van der Waals surface area contributed by atoms with Gasteiger partial charge in [-0.05, 0) is 41.7 Å². The van der Waals surface area contributed by atoms with Crippen molar-refractivity contribution in [2.24, 2.45) is 0 Å². The molecule has 2 N–H and O–H groups in total. The number of hydrogen-bond acceptors (Lipinski definition) is 1. The molecule has 5 heteroatoms. The summed E-state index contributed by atoms with van der Waals surface area (Å²) in [5.41, 5.74) is 2.93. The number of carboxylic acid groups (broad SMARTS) is 1. The van der Waals surface area contributed by atoms with E-state index in [0.29, 0.717) is 17.5 Å². The number of amides is 1. The average molecular weight is 289 g/mol. The van der Waals surface area contributed by atoms with E-state index in [9.17, 15) is 13.6 Å². The molecule has 0 aliphatic heterocycles. The highest BCUT2D eigenvalue weighted by molar-refractivity contribution is 5.68. The van der Waals surface area contributed by atoms with Gasteiger partial charge in [-0.2, -0.15) is 0 Å². The van der Waals surface area contributed by atoms with Gasteiger partial charge in [-0.25, -0.2) is 13.6 Å². The molecule has 2 aromatic carbocycles. The Morgan fingerprint density at radius 1 is 1.19 bits per heavy atom. The Hall–Kier alpha value is -2.43. The van der Waals surface area contributed by atoms with Crippen molar-refractivity contribution in [3.8, 4) is 11.1 Å². The largest absolute Gasteiger partial charge is 0.465 e. The number of rotatable bonds is 2. The lowest BCUT2D eigenvalue weighted by Crippen LogP contribution is -2.24. The predicted octanol–water partition coefficient (Wildman–Crippen LogP) is 3.89. The fourth-order valence-electron chi connectivity index (χ4n) is 2.81. The molecule has 1 aliphatic carbocycles. The van der Waals surface area contributed by atoms with Crippen molar-refractivity contribution in [3.05, 3.63) is 59.2 Å². The van der Waals surface area contributed by atoms with E-state index in [2.05, 4.69) is 5.32 Å². The van der Waals surface area contributed by atoms with Crippen LogP contribution in [0.5, 0.6) is 0 Å². The first-order valence-electron chi connectivity index (χ1n) is 6.62. The normalized spacial score (nSPS) is 16.6. The van der Waals surface area contributed by atoms with Crippen LogP contribution in [0.4, 0.5) is 13.6 Å². The molecular formula is C16H13F2NO2. The maximum Gasteiger partial charge on any atom is 0.405 e. The molecule has 2 aromatic rings. The summed E-state index contributed by atoms with van der Waals surface area (Å²) in [5, 5.41) is 11.3. The van der Waals surface area contributed by atoms with Crippen LogP contribution in [0.2, 0.25) is 0 Å². The second-order valence-corrected chi connectivity index (χ2v) is 5.08. The molecule has 21 heavy (non-hydrogen) atoms. The molecule has 1 atom stereocenters. The van der Waals surface area contributed by atoms with Gasteiger partial charge >= 0.3 is 6.09 Å². The summed E-state index contributed by atoms with van der Waals surface area (Å²) in [7, 11) is 0. The summed E-state index contributed by atoms with van der Waals surface area (Å²) >= 11 is 0. The summed E-state index contributed by atoms with van der Waals surface area (Å²) in [6.07, 6.45) is 0.370. The van der Waals surface area contributed by atoms with Crippen LogP contribution in [-0.2, 0) is 6.42 Å². The minimum Gasteiger partial charge on any atom is -0.465 e. The molecule has 0 bridgehead atoms. The van der Waals surface area contributed by atoms with Crippen molar-refractivity contribution in [3.63, 3.8) is 0 Å². The molecular weight excluding hydrogens is 276 g/mol. The Morgan fingerprint density at radius 3 is 2.71 bits per heavy atom. The van der Waals surface area contributed by atoms with E-state index in [-0.39, 0.29) is 6.04 Å². The van der Waals surface area contributed by atoms with Gasteiger partial charge in [0.2, 0.25) is 0 Å². The maximum atomic E-state index is 13.8. The third-order valence-electron chi connectivity index (χ3n) is 3.76. The Kier molecular flexibility index (Phi) is 3.33. The number of benzene rings is 2. The van der Waals surface area contributed by atoms with E-state index < -0.39 is 17.7 Å². The molecule has 108 valence electrons. The van der Waals surface area contributed by atoms with E-state index in [1.807, 2.05) is 6.07 Å². The summed E-state index contributed by atoms with van der Waals surface area (Å²) in [5.74, 6) is -1.21. The van der Waals surface area contributed by atoms with Crippen molar-refractivity contribution >= 4 is 6.09 Å². The Labute approximate surface area is 120 Å². The summed E-state index contributed by atoms with van der Waals surface area (Å²) in [4.78, 5) is 10.7. The number of fused-ring (bicyclic) bond motifs is 1. The number of halogens is 2. The monoisotopic (exact) mass is 289 g/mol. The van der Waals surface area contributed by atoms with Gasteiger partial charge in [-0.1, -0.05) is 18.2 Å². The Balaban J connectivity index is 1.96. The van der Waals surface area contributed by atoms with Crippen LogP contribution in [-0.4, -0.2) is 11.2 Å². The minimum absolute atomic E-state index is 0.218. The second kappa shape index (κ2) is 5.16. The van der Waals surface area contributed by atoms with E-state index >= 15 is 0 Å². The zero-order valence-corrected chi connectivity index (χ0v) is 11.1. The van der Waals surface area contributed by atoms with Crippen LogP contribution >= 0.6 is 0 Å². The topological polar surface area (TPSA) is 49.3 Å². The molecule has 0 fully saturated rings. The molecule has 0 heterocycles. The van der Waals surface area contributed by atoms with Gasteiger partial charge in [0.15, 0.2) is 0 Å². The molecule has 1 aliphatic rings. The molecule has 3 nitrogen and oxygen atoms in total. The number of aryl methyl sites for hydroxylation is 1. The third kappa shape index (κ3) is 2.59. The van der Waals surface area contributed by atoms with Gasteiger partial charge in [0.25, 0.3) is 0 Å². The van der Waals surface area contributed by atoms with Crippen molar-refractivity contribution < 1.29 is 18.7 Å². The summed E-state index contributed by atoms with van der Waals surface area (Å²) in [6.45, 7) is 0. The molecule has 0 aromatic heterocycles. The van der Waals surface area contributed by atoms with Crippen molar-refractivity contribution in [2.45, 2.75) is 18.9 Å². The van der Waals surface area contributed by atoms with Gasteiger partial charge in [0.05, 0.1) is 6.04 Å². The predicted molar refractivity (Wildman–Crippen MR) is 74.0 cm³/mol. The zero-order valence-electron chi connectivity index (χ0n) is 11.1. The standard InChI is InChI=1S/C16H13F2NO2/c17-11-3-5-12(14(18)8-11)9-1-4-13-10(7-9)2-6-15(13)19-16(20)21/h1,3-5,7-8,15,19H,2,6H2,(H,20,21). The fraction of sp³-hybridized carbons (Fsp3) is 0.188. The molecule has 0 saturated heterocycles. The van der Waals surface area contributed by atoms with Crippen LogP contribution in [0.3, 0.4) is 0 Å². The van der Waals surface area contributed by atoms with Gasteiger partial charge in [0.1, 0.15) is 11.6 Å². The van der Waals surface area contributed by atoms with E-state index in [1.54, 1.807) is 12.1 Å². The van der Waals surface area contributed by atoms with Gasteiger partial charge in [-0.15, -0.1) is 0 Å². The summed E-state index contributed by atoms with van der Waals surface area (Å²) < 4.78 is 26.8. The van der Waals surface area contributed by atoms with E-state index in [1.165, 1.54) is 12.1 Å². The van der Waals surface area contributed by atoms with Gasteiger partial charge in [0, 0.05) is 11.6 Å². The molecule has 3 rings (SSSR count). The lowest BCUT2D eigenvalue weighted by Gasteiger charge is -2.12. The van der Waals surface area contributed by atoms with Crippen molar-refractivity contribution in [2.75, 3.05) is 0 Å². The summed E-state index contributed by atoms with van der Waals surface area (Å²) in [6, 6.07) is 8.66. The van der Waals surface area contributed by atoms with Gasteiger partial charge in [-0.3, -0.25) is 0 Å². The maximum absolute atomic E-state index is 13.8. The molecule has 1 amide bonds. The van der Waals surface area contributed by atoms with Crippen LogP contribution < -0.4 is 5.32 Å². The average Bonchev–Trinajstić information content (AvgIpc) is 2.80. The van der Waals surface area contributed by atoms with Crippen molar-refractivity contribution in [1.29, 1.82) is 0 Å². The number of carbonyl (C=O) groups is 1. The lowest BCUT2D eigenvalue weighted by molar-refractivity contribution is 0.190. The quantitative estimate of drug-likeness (QED) is 0.881. The van der Waals surface area contributed by atoms with Crippen molar-refractivity contribution in [1.82, 2.24) is 5.32 Å². The first-order valence-corrected chi connectivity index (χ1v) is 6.62. The highest BCUT2D eigenvalue weighted by atomic mass is 19.1. The number of nitrogens with one attached hydrogen (secondary N) is 1. The van der Waals surface area contributed by atoms with Crippen LogP contribution in [0, 0.1) is 11.6 Å². The van der Waals surface area contributed by atoms with Gasteiger partial charge < -0.3 is 10.4 Å². The van der Waals surface area contributed by atoms with Crippen LogP contribution in [0.25, 0.3) is 11.1 Å². The molecule has 0 radical (unpaired) electrons. The molecule has 0 saturated carbocycles. The smallest absolute Gasteiger partial charge is 0.405 e. The minimum atomic E-state index is -1.05. The second-order valence-electron chi connectivity index (χ2n) is 5.08. The first kappa shape index (κ1) is 13.5. The first-order chi connectivity index (χ1) is 10.0. The molecule has 0 spiro atoms. The number of hydrogen-bond donors (Lipinski definition) is 2. The van der Waals surface area contributed by atoms with E-state index in [0.717, 1.165) is 23.6 Å². The zero-order chi connectivity index (χ0) is 15.0. The SMILES string of the molecule is O=C(O)NC1CCc2cc(-c3ccc(F)cc3F)ccc21. The lowest BCUT2D eigenvalue weighted by atomic mass is 9.99. The third-order valence-corrected chi connectivity index (χ3v) is 3.76. The Morgan fingerprint density at radius 2 is 2.00 bits per heavy atom. The van der Waals surface area contributed by atoms with Crippen LogP contribution in [0.1, 0.15) is 23.6 Å². The highest BCUT2D eigenvalue weighted by Gasteiger charge is 2.24. The Bertz CT molecular complexity index is 715. The van der Waals surface area contributed by atoms with Crippen LogP contribution in [0.15, 0.2) is 36.4 Å². The fourth-order valence-corrected chi connectivity index (χ4v) is 2.81. The molecule has 1 unspecified atom stereocenters.